The lowest BCUT2D eigenvalue weighted by Gasteiger charge is -2.07. The normalized spacial score (nSPS) is 10.8. The lowest BCUT2D eigenvalue weighted by Crippen LogP contribution is -1.90. The Balaban J connectivity index is 2.21. The van der Waals surface area contributed by atoms with Gasteiger partial charge in [0, 0.05) is 18.6 Å². The molecule has 3 N–H and O–H groups in total. The maximum Gasteiger partial charge on any atom is 0.153 e. The number of nitrogens with one attached hydrogen (secondary N) is 1. The van der Waals surface area contributed by atoms with Crippen LogP contribution in [0, 0.1) is 3.57 Å². The molecule has 1 aromatic heterocycles. The Morgan fingerprint density at radius 3 is 2.57 bits per heavy atom. The largest absolute Gasteiger partial charge is 0.382 e. The van der Waals surface area contributed by atoms with Crippen LogP contribution in [-0.2, 0) is 0 Å². The van der Waals surface area contributed by atoms with Crippen LogP contribution in [0.4, 0.5) is 5.82 Å². The molecule has 0 amide bonds. The summed E-state index contributed by atoms with van der Waals surface area (Å²) in [7, 11) is 0. The van der Waals surface area contributed by atoms with Crippen molar-refractivity contribution in [1.29, 1.82) is 0 Å². The lowest BCUT2D eigenvalue weighted by atomic mass is 10.0. The van der Waals surface area contributed by atoms with E-state index in [4.69, 9.17) is 17.3 Å². The number of nitrogens with two attached hydrogens (primary N) is 1. The van der Waals surface area contributed by atoms with E-state index in [1.807, 2.05) is 42.5 Å². The number of halogens is 3. The minimum Gasteiger partial charge on any atom is -0.382 e. The van der Waals surface area contributed by atoms with Crippen LogP contribution in [0.5, 0.6) is 0 Å². The van der Waals surface area contributed by atoms with E-state index in [-0.39, 0.29) is 0 Å². The smallest absolute Gasteiger partial charge is 0.153 e. The van der Waals surface area contributed by atoms with Gasteiger partial charge in [0.25, 0.3) is 0 Å². The third-order valence-corrected chi connectivity index (χ3v) is 4.83. The van der Waals surface area contributed by atoms with E-state index < -0.39 is 0 Å². The summed E-state index contributed by atoms with van der Waals surface area (Å²) < 4.78 is 2.10. The first-order valence-electron chi connectivity index (χ1n) is 6.11. The van der Waals surface area contributed by atoms with Crippen molar-refractivity contribution in [2.45, 2.75) is 0 Å². The van der Waals surface area contributed by atoms with Crippen molar-refractivity contribution in [3.63, 3.8) is 0 Å². The molecule has 0 aliphatic heterocycles. The van der Waals surface area contributed by atoms with Crippen LogP contribution < -0.4 is 5.73 Å². The summed E-state index contributed by atoms with van der Waals surface area (Å²) in [5, 5.41) is 7.86. The van der Waals surface area contributed by atoms with Gasteiger partial charge in [-0.05, 0) is 58.5 Å². The van der Waals surface area contributed by atoms with Gasteiger partial charge in [0.1, 0.15) is 0 Å². The molecule has 2 aromatic carbocycles. The Bertz CT molecular complexity index is 799. The highest BCUT2D eigenvalue weighted by Crippen LogP contribution is 2.37. The molecule has 1 heterocycles. The summed E-state index contributed by atoms with van der Waals surface area (Å²) in [6.07, 6.45) is 0. The van der Waals surface area contributed by atoms with Crippen molar-refractivity contribution in [2.24, 2.45) is 0 Å². The molecule has 0 aliphatic carbocycles. The predicted octanol–water partition coefficient (Wildman–Crippen LogP) is 5.35. The highest BCUT2D eigenvalue weighted by atomic mass is 127. The number of hydrogen-bond acceptors (Lipinski definition) is 2. The van der Waals surface area contributed by atoms with Gasteiger partial charge in [-0.1, -0.05) is 39.7 Å². The molecule has 0 spiro atoms. The molecule has 0 unspecified atom stereocenters. The van der Waals surface area contributed by atoms with Gasteiger partial charge >= 0.3 is 0 Å². The zero-order chi connectivity index (χ0) is 15.0. The molecule has 0 atom stereocenters. The number of rotatable bonds is 2. The van der Waals surface area contributed by atoms with Crippen molar-refractivity contribution >= 4 is 55.9 Å². The van der Waals surface area contributed by atoms with E-state index in [0.29, 0.717) is 10.8 Å². The molecule has 0 saturated carbocycles. The fraction of sp³-hybridized carbons (Fsp3) is 0. The molecule has 0 radical (unpaired) electrons. The number of hydrogen-bond donors (Lipinski definition) is 2. The van der Waals surface area contributed by atoms with E-state index in [1.54, 1.807) is 0 Å². The second-order valence-electron chi connectivity index (χ2n) is 4.49. The molecule has 21 heavy (non-hydrogen) atoms. The first kappa shape index (κ1) is 14.9. The molecule has 3 nitrogen and oxygen atoms in total. The average molecular weight is 475 g/mol. The molecule has 0 bridgehead atoms. The van der Waals surface area contributed by atoms with Gasteiger partial charge in [-0.25, -0.2) is 0 Å². The van der Waals surface area contributed by atoms with Gasteiger partial charge in [-0.2, -0.15) is 5.10 Å². The molecule has 3 rings (SSSR count). The Morgan fingerprint density at radius 2 is 1.86 bits per heavy atom. The maximum absolute atomic E-state index is 6.12. The quantitative estimate of drug-likeness (QED) is 0.492. The van der Waals surface area contributed by atoms with E-state index >= 15 is 0 Å². The second kappa shape index (κ2) is 5.98. The molecule has 0 aliphatic rings. The van der Waals surface area contributed by atoms with Crippen molar-refractivity contribution in [2.75, 3.05) is 5.73 Å². The molecule has 0 saturated heterocycles. The van der Waals surface area contributed by atoms with Crippen LogP contribution in [0.2, 0.25) is 5.02 Å². The predicted molar refractivity (Wildman–Crippen MR) is 99.3 cm³/mol. The summed E-state index contributed by atoms with van der Waals surface area (Å²) in [6, 6.07) is 13.7. The van der Waals surface area contributed by atoms with Crippen molar-refractivity contribution in [3.8, 4) is 22.4 Å². The number of nitrogens with zero attached hydrogens (tertiary/aromatic N) is 1. The van der Waals surface area contributed by atoms with Crippen molar-refractivity contribution in [1.82, 2.24) is 10.2 Å². The van der Waals surface area contributed by atoms with E-state index in [0.717, 1.165) is 30.4 Å². The Kier molecular flexibility index (Phi) is 4.24. The first-order chi connectivity index (χ1) is 10.1. The van der Waals surface area contributed by atoms with Gasteiger partial charge < -0.3 is 5.73 Å². The van der Waals surface area contributed by atoms with E-state index in [9.17, 15) is 0 Å². The van der Waals surface area contributed by atoms with Crippen LogP contribution in [0.15, 0.2) is 46.9 Å². The zero-order valence-electron chi connectivity index (χ0n) is 10.7. The number of H-pyrrole nitrogens is 1. The summed E-state index contributed by atoms with van der Waals surface area (Å²) in [5.74, 6) is 0.475. The monoisotopic (exact) mass is 473 g/mol. The van der Waals surface area contributed by atoms with Crippen molar-refractivity contribution < 1.29 is 0 Å². The fourth-order valence-electron chi connectivity index (χ4n) is 2.15. The van der Waals surface area contributed by atoms with Crippen LogP contribution in [0.3, 0.4) is 0 Å². The van der Waals surface area contributed by atoms with Crippen molar-refractivity contribution in [3.05, 3.63) is 55.5 Å². The molecule has 3 aromatic rings. The van der Waals surface area contributed by atoms with E-state index in [1.165, 1.54) is 0 Å². The number of aromatic amines is 1. The highest BCUT2D eigenvalue weighted by Gasteiger charge is 2.17. The highest BCUT2D eigenvalue weighted by molar-refractivity contribution is 14.1. The first-order valence-corrected chi connectivity index (χ1v) is 8.36. The molecule has 106 valence electrons. The van der Waals surface area contributed by atoms with Crippen LogP contribution in [0.1, 0.15) is 0 Å². The Labute approximate surface area is 149 Å². The number of anilines is 1. The van der Waals surface area contributed by atoms with Gasteiger partial charge in [-0.15, -0.1) is 0 Å². The fourth-order valence-corrected chi connectivity index (χ4v) is 3.19. The third kappa shape index (κ3) is 2.95. The van der Waals surface area contributed by atoms with Crippen LogP contribution in [0.25, 0.3) is 22.4 Å². The summed E-state index contributed by atoms with van der Waals surface area (Å²) in [4.78, 5) is 0. The molecule has 0 fully saturated rings. The number of aromatic nitrogens is 2. The minimum absolute atomic E-state index is 0.475. The van der Waals surface area contributed by atoms with Gasteiger partial charge in [0.05, 0.1) is 11.3 Å². The second-order valence-corrected chi connectivity index (χ2v) is 7.00. The maximum atomic E-state index is 6.12. The average Bonchev–Trinajstić information content (AvgIpc) is 2.84. The summed E-state index contributed by atoms with van der Waals surface area (Å²) in [5.41, 5.74) is 9.82. The standard InChI is InChI=1S/C15H10BrClIN3/c16-9-3-1-8(2-4-9)13-14(20-21-15(13)19)11-7-10(17)5-6-12(11)18/h1-7H,(H3,19,20,21). The number of benzene rings is 2. The molecular formula is C15H10BrClIN3. The number of nitrogen functional groups attached to an aromatic ring is 1. The van der Waals surface area contributed by atoms with E-state index in [2.05, 4.69) is 48.7 Å². The third-order valence-electron chi connectivity index (χ3n) is 3.12. The minimum atomic E-state index is 0.475. The van der Waals surface area contributed by atoms with Gasteiger partial charge in [0.15, 0.2) is 5.82 Å². The topological polar surface area (TPSA) is 54.7 Å². The molecule has 6 heteroatoms. The molecular weight excluding hydrogens is 464 g/mol. The van der Waals surface area contributed by atoms with Crippen LogP contribution in [-0.4, -0.2) is 10.2 Å². The van der Waals surface area contributed by atoms with Crippen LogP contribution >= 0.6 is 50.1 Å². The Hall–Kier alpha value is -1.05. The van der Waals surface area contributed by atoms with Gasteiger partial charge in [-0.3, -0.25) is 5.10 Å². The summed E-state index contributed by atoms with van der Waals surface area (Å²) >= 11 is 11.8. The SMILES string of the molecule is Nc1n[nH]c(-c2cc(Cl)ccc2I)c1-c1ccc(Br)cc1. The lowest BCUT2D eigenvalue weighted by molar-refractivity contribution is 1.10. The Morgan fingerprint density at radius 1 is 1.14 bits per heavy atom. The van der Waals surface area contributed by atoms with Gasteiger partial charge in [0.2, 0.25) is 0 Å². The zero-order valence-corrected chi connectivity index (χ0v) is 15.2. The summed E-state index contributed by atoms with van der Waals surface area (Å²) in [6.45, 7) is 0.